The number of benzene rings is 1. The molecule has 1 heterocycles. The normalized spacial score (nSPS) is 11.9. The predicted octanol–water partition coefficient (Wildman–Crippen LogP) is 3.54. The zero-order valence-corrected chi connectivity index (χ0v) is 12.0. The number of aromatic nitrogens is 1. The molecule has 98 valence electrons. The molecule has 0 aliphatic heterocycles. The summed E-state index contributed by atoms with van der Waals surface area (Å²) in [5.74, 6) is 0.734. The molecule has 3 nitrogen and oxygen atoms in total. The lowest BCUT2D eigenvalue weighted by Crippen LogP contribution is -2.12. The lowest BCUT2D eigenvalue weighted by atomic mass is 10.1. The van der Waals surface area contributed by atoms with Gasteiger partial charge in [-0.15, -0.1) is 0 Å². The van der Waals surface area contributed by atoms with E-state index in [9.17, 15) is 0 Å². The third-order valence-corrected chi connectivity index (χ3v) is 3.23. The summed E-state index contributed by atoms with van der Waals surface area (Å²) in [6.45, 7) is 2.04. The number of rotatable bonds is 4. The third-order valence-electron chi connectivity index (χ3n) is 2.76. The molecule has 1 atom stereocenters. The summed E-state index contributed by atoms with van der Waals surface area (Å²) in [4.78, 5) is 4.61. The molecule has 0 radical (unpaired) electrons. The Morgan fingerprint density at radius 2 is 2.16 bits per heavy atom. The molecule has 0 aliphatic carbocycles. The van der Waals surface area contributed by atoms with Crippen LogP contribution in [0.4, 0.5) is 5.82 Å². The molecule has 2 rings (SSSR count). The lowest BCUT2D eigenvalue weighted by molar-refractivity contribution is 0.874. The van der Waals surface area contributed by atoms with Gasteiger partial charge in [-0.05, 0) is 36.8 Å². The maximum absolute atomic E-state index is 5.98. The molecule has 1 unspecified atom stereocenters. The summed E-state index contributed by atoms with van der Waals surface area (Å²) in [6.07, 6.45) is 1.68. The fraction of sp³-hybridized carbons (Fsp3) is 0.143. The molecule has 5 heteroatoms. The van der Waals surface area contributed by atoms with Crippen molar-refractivity contribution >= 4 is 34.6 Å². The van der Waals surface area contributed by atoms with E-state index < -0.39 is 0 Å². The second-order valence-electron chi connectivity index (χ2n) is 4.22. The van der Waals surface area contributed by atoms with Gasteiger partial charge < -0.3 is 11.1 Å². The average Bonchev–Trinajstić information content (AvgIpc) is 2.39. The lowest BCUT2D eigenvalue weighted by Gasteiger charge is -2.15. The summed E-state index contributed by atoms with van der Waals surface area (Å²) < 4.78 is 0. The fourth-order valence-corrected chi connectivity index (χ4v) is 2.07. The number of hydrogen-bond donors (Lipinski definition) is 2. The van der Waals surface area contributed by atoms with Crippen LogP contribution in [0.2, 0.25) is 5.02 Å². The summed E-state index contributed by atoms with van der Waals surface area (Å²) in [7, 11) is 0. The number of halogens is 1. The van der Waals surface area contributed by atoms with Crippen LogP contribution in [0.25, 0.3) is 0 Å². The van der Waals surface area contributed by atoms with Gasteiger partial charge in [-0.2, -0.15) is 0 Å². The van der Waals surface area contributed by atoms with Crippen LogP contribution in [0.3, 0.4) is 0 Å². The van der Waals surface area contributed by atoms with Gasteiger partial charge in [-0.1, -0.05) is 36.0 Å². The molecule has 0 saturated carbocycles. The molecule has 0 aliphatic rings. The van der Waals surface area contributed by atoms with Gasteiger partial charge in [-0.25, -0.2) is 4.98 Å². The molecular formula is C14H14ClN3S. The highest BCUT2D eigenvalue weighted by Crippen LogP contribution is 2.21. The number of nitrogens with two attached hydrogens (primary N) is 1. The van der Waals surface area contributed by atoms with Crippen LogP contribution in [-0.2, 0) is 0 Å². The van der Waals surface area contributed by atoms with E-state index in [0.29, 0.717) is 4.99 Å². The minimum absolute atomic E-state index is 0.0906. The predicted molar refractivity (Wildman–Crippen MR) is 83.6 cm³/mol. The van der Waals surface area contributed by atoms with Crippen molar-refractivity contribution in [1.82, 2.24) is 4.98 Å². The Morgan fingerprint density at radius 3 is 2.84 bits per heavy atom. The van der Waals surface area contributed by atoms with Gasteiger partial charge in [0.2, 0.25) is 0 Å². The van der Waals surface area contributed by atoms with Crippen molar-refractivity contribution in [2.75, 3.05) is 5.32 Å². The van der Waals surface area contributed by atoms with Gasteiger partial charge in [0.05, 0.1) is 0 Å². The zero-order chi connectivity index (χ0) is 13.8. The van der Waals surface area contributed by atoms with Crippen molar-refractivity contribution in [3.8, 4) is 0 Å². The molecule has 19 heavy (non-hydrogen) atoms. The second kappa shape index (κ2) is 5.99. The molecule has 0 fully saturated rings. The van der Waals surface area contributed by atoms with E-state index in [1.807, 2.05) is 37.3 Å². The summed E-state index contributed by atoms with van der Waals surface area (Å²) in [5, 5.41) is 4.01. The number of pyridine rings is 1. The molecular weight excluding hydrogens is 278 g/mol. The van der Waals surface area contributed by atoms with E-state index in [4.69, 9.17) is 29.6 Å². The molecule has 1 aromatic carbocycles. The van der Waals surface area contributed by atoms with E-state index in [0.717, 1.165) is 22.0 Å². The third kappa shape index (κ3) is 3.66. The molecule has 1 aromatic heterocycles. The van der Waals surface area contributed by atoms with Gasteiger partial charge in [0.1, 0.15) is 10.8 Å². The number of anilines is 1. The molecule has 0 bridgehead atoms. The first-order chi connectivity index (χ1) is 9.06. The molecule has 0 amide bonds. The van der Waals surface area contributed by atoms with Gasteiger partial charge in [-0.3, -0.25) is 0 Å². The Morgan fingerprint density at radius 1 is 1.37 bits per heavy atom. The Bertz CT molecular complexity index is 601. The van der Waals surface area contributed by atoms with Crippen molar-refractivity contribution in [1.29, 1.82) is 0 Å². The van der Waals surface area contributed by atoms with Crippen molar-refractivity contribution in [2.24, 2.45) is 5.73 Å². The second-order valence-corrected chi connectivity index (χ2v) is 5.09. The quantitative estimate of drug-likeness (QED) is 0.846. The minimum atomic E-state index is 0.0906. The van der Waals surface area contributed by atoms with Crippen LogP contribution < -0.4 is 11.1 Å². The van der Waals surface area contributed by atoms with Crippen molar-refractivity contribution < 1.29 is 0 Å². The smallest absolute Gasteiger partial charge is 0.127 e. The monoisotopic (exact) mass is 291 g/mol. The summed E-state index contributed by atoms with van der Waals surface area (Å²) in [5.41, 5.74) is 7.49. The first-order valence-corrected chi connectivity index (χ1v) is 6.63. The Kier molecular flexibility index (Phi) is 4.35. The van der Waals surface area contributed by atoms with E-state index in [1.165, 1.54) is 0 Å². The SMILES string of the molecule is CC(Nc1cc(C(N)=S)ccn1)c1cccc(Cl)c1. The molecule has 0 saturated heterocycles. The Hall–Kier alpha value is -1.65. The number of nitrogens with one attached hydrogen (secondary N) is 1. The maximum atomic E-state index is 5.98. The van der Waals surface area contributed by atoms with E-state index in [-0.39, 0.29) is 6.04 Å². The van der Waals surface area contributed by atoms with Crippen molar-refractivity contribution in [3.05, 3.63) is 58.7 Å². The first-order valence-electron chi connectivity index (χ1n) is 5.84. The largest absolute Gasteiger partial charge is 0.389 e. The van der Waals surface area contributed by atoms with Gasteiger partial charge in [0.25, 0.3) is 0 Å². The van der Waals surface area contributed by atoms with Gasteiger partial charge in [0.15, 0.2) is 0 Å². The maximum Gasteiger partial charge on any atom is 0.127 e. The van der Waals surface area contributed by atoms with Gasteiger partial charge >= 0.3 is 0 Å². The fourth-order valence-electron chi connectivity index (χ4n) is 1.74. The van der Waals surface area contributed by atoms with E-state index >= 15 is 0 Å². The highest BCUT2D eigenvalue weighted by molar-refractivity contribution is 7.80. The highest BCUT2D eigenvalue weighted by Gasteiger charge is 2.07. The van der Waals surface area contributed by atoms with E-state index in [1.54, 1.807) is 12.3 Å². The number of hydrogen-bond acceptors (Lipinski definition) is 3. The summed E-state index contributed by atoms with van der Waals surface area (Å²) in [6, 6.07) is 11.4. The highest BCUT2D eigenvalue weighted by atomic mass is 35.5. The Balaban J connectivity index is 2.17. The molecule has 3 N–H and O–H groups in total. The first kappa shape index (κ1) is 13.8. The van der Waals surface area contributed by atoms with E-state index in [2.05, 4.69) is 10.3 Å². The average molecular weight is 292 g/mol. The Labute approximate surface area is 122 Å². The zero-order valence-electron chi connectivity index (χ0n) is 10.4. The van der Waals surface area contributed by atoms with Crippen LogP contribution in [0, 0.1) is 0 Å². The van der Waals surface area contributed by atoms with Crippen LogP contribution in [-0.4, -0.2) is 9.97 Å². The molecule has 2 aromatic rings. The van der Waals surface area contributed by atoms with Crippen molar-refractivity contribution in [2.45, 2.75) is 13.0 Å². The summed E-state index contributed by atoms with van der Waals surface area (Å²) >= 11 is 10.9. The van der Waals surface area contributed by atoms with Crippen LogP contribution in [0.5, 0.6) is 0 Å². The van der Waals surface area contributed by atoms with Crippen LogP contribution in [0.15, 0.2) is 42.6 Å². The topological polar surface area (TPSA) is 50.9 Å². The minimum Gasteiger partial charge on any atom is -0.389 e. The van der Waals surface area contributed by atoms with Crippen LogP contribution in [0.1, 0.15) is 24.1 Å². The standard InChI is InChI=1S/C14H14ClN3S/c1-9(10-3-2-4-12(15)7-10)18-13-8-11(14(16)19)5-6-17-13/h2-9H,1H3,(H2,16,19)(H,17,18). The number of nitrogens with zero attached hydrogens (tertiary/aromatic N) is 1. The van der Waals surface area contributed by atoms with Crippen LogP contribution >= 0.6 is 23.8 Å². The molecule has 0 spiro atoms. The number of thiocarbonyl (C=S) groups is 1. The van der Waals surface area contributed by atoms with Gasteiger partial charge in [0, 0.05) is 22.8 Å². The van der Waals surface area contributed by atoms with Crippen molar-refractivity contribution in [3.63, 3.8) is 0 Å².